The zero-order valence-corrected chi connectivity index (χ0v) is 12.0. The van der Waals surface area contributed by atoms with Crippen molar-refractivity contribution in [3.63, 3.8) is 0 Å². The fourth-order valence-corrected chi connectivity index (χ4v) is 2.16. The zero-order valence-electron chi connectivity index (χ0n) is 12.0. The average molecular weight is 257 g/mol. The fourth-order valence-electron chi connectivity index (χ4n) is 2.16. The minimum Gasteiger partial charge on any atom is -0.355 e. The first-order valence-electron chi connectivity index (χ1n) is 6.96. The van der Waals surface area contributed by atoms with Crippen molar-refractivity contribution < 1.29 is 0 Å². The van der Waals surface area contributed by atoms with Gasteiger partial charge in [0.05, 0.1) is 0 Å². The van der Waals surface area contributed by atoms with Crippen LogP contribution in [0, 0.1) is 5.92 Å². The Balaban J connectivity index is 1.94. The van der Waals surface area contributed by atoms with E-state index >= 15 is 0 Å². The van der Waals surface area contributed by atoms with Crippen molar-refractivity contribution in [2.45, 2.75) is 33.2 Å². The van der Waals surface area contributed by atoms with E-state index < -0.39 is 0 Å². The Morgan fingerprint density at radius 3 is 2.58 bits per heavy atom. The molecule has 1 aromatic heterocycles. The summed E-state index contributed by atoms with van der Waals surface area (Å²) in [5.74, 6) is 2.07. The van der Waals surface area contributed by atoms with Crippen molar-refractivity contribution in [1.29, 1.82) is 0 Å². The molecule has 0 bridgehead atoms. The van der Waals surface area contributed by atoms with E-state index in [1.54, 1.807) is 0 Å². The molecule has 1 unspecified atom stereocenters. The van der Waals surface area contributed by atoms with E-state index in [0.717, 1.165) is 19.0 Å². The van der Waals surface area contributed by atoms with Gasteiger partial charge in [0, 0.05) is 25.5 Å². The van der Waals surface area contributed by atoms with Gasteiger partial charge in [-0.25, -0.2) is 4.98 Å². The van der Waals surface area contributed by atoms with Crippen LogP contribution < -0.4 is 5.32 Å². The molecule has 0 radical (unpaired) electrons. The summed E-state index contributed by atoms with van der Waals surface area (Å²) >= 11 is 0. The SMILES string of the molecule is CC(C)Cn1ccnc1NCC(C)c1ccccc1. The van der Waals surface area contributed by atoms with Crippen LogP contribution in [0.15, 0.2) is 42.7 Å². The monoisotopic (exact) mass is 257 g/mol. The molecule has 0 aliphatic heterocycles. The molecule has 0 aliphatic rings. The van der Waals surface area contributed by atoms with E-state index in [9.17, 15) is 0 Å². The summed E-state index contributed by atoms with van der Waals surface area (Å²) in [6, 6.07) is 10.6. The molecule has 0 spiro atoms. The highest BCUT2D eigenvalue weighted by Gasteiger charge is 2.08. The molecule has 19 heavy (non-hydrogen) atoms. The Labute approximate surface area is 115 Å². The molecular weight excluding hydrogens is 234 g/mol. The smallest absolute Gasteiger partial charge is 0.202 e. The minimum atomic E-state index is 0.477. The Morgan fingerprint density at radius 1 is 1.16 bits per heavy atom. The van der Waals surface area contributed by atoms with E-state index in [4.69, 9.17) is 0 Å². The lowest BCUT2D eigenvalue weighted by atomic mass is 10.0. The summed E-state index contributed by atoms with van der Waals surface area (Å²) in [5.41, 5.74) is 1.36. The van der Waals surface area contributed by atoms with Crippen molar-refractivity contribution in [1.82, 2.24) is 9.55 Å². The Hall–Kier alpha value is -1.77. The van der Waals surface area contributed by atoms with Crippen molar-refractivity contribution in [2.24, 2.45) is 5.92 Å². The highest BCUT2D eigenvalue weighted by Crippen LogP contribution is 2.16. The highest BCUT2D eigenvalue weighted by atomic mass is 15.2. The van der Waals surface area contributed by atoms with Crippen LogP contribution in [-0.2, 0) is 6.54 Å². The summed E-state index contributed by atoms with van der Waals surface area (Å²) in [7, 11) is 0. The largest absolute Gasteiger partial charge is 0.355 e. The number of nitrogens with one attached hydrogen (secondary N) is 1. The predicted octanol–water partition coefficient (Wildman–Crippen LogP) is 3.75. The Morgan fingerprint density at radius 2 is 1.89 bits per heavy atom. The quantitative estimate of drug-likeness (QED) is 0.854. The topological polar surface area (TPSA) is 29.9 Å². The third kappa shape index (κ3) is 3.85. The van der Waals surface area contributed by atoms with Crippen molar-refractivity contribution >= 4 is 5.95 Å². The maximum atomic E-state index is 4.39. The van der Waals surface area contributed by atoms with Crippen LogP contribution in [0.4, 0.5) is 5.95 Å². The predicted molar refractivity (Wildman–Crippen MR) is 80.4 cm³/mol. The molecule has 1 heterocycles. The maximum Gasteiger partial charge on any atom is 0.202 e. The lowest BCUT2D eigenvalue weighted by molar-refractivity contribution is 0.525. The fraction of sp³-hybridized carbons (Fsp3) is 0.438. The number of hydrogen-bond donors (Lipinski definition) is 1. The van der Waals surface area contributed by atoms with Crippen LogP contribution in [0.5, 0.6) is 0 Å². The van der Waals surface area contributed by atoms with Crippen LogP contribution in [0.25, 0.3) is 0 Å². The van der Waals surface area contributed by atoms with Crippen LogP contribution in [0.1, 0.15) is 32.3 Å². The summed E-state index contributed by atoms with van der Waals surface area (Å²) in [4.78, 5) is 4.39. The second kappa shape index (κ2) is 6.41. The van der Waals surface area contributed by atoms with Crippen LogP contribution >= 0.6 is 0 Å². The van der Waals surface area contributed by atoms with E-state index in [1.165, 1.54) is 5.56 Å². The first kappa shape index (κ1) is 13.7. The molecule has 0 amide bonds. The lowest BCUT2D eigenvalue weighted by Gasteiger charge is -2.15. The number of aromatic nitrogens is 2. The molecule has 102 valence electrons. The molecule has 0 aliphatic carbocycles. The highest BCUT2D eigenvalue weighted by molar-refractivity contribution is 5.28. The third-order valence-corrected chi connectivity index (χ3v) is 3.21. The Bertz CT molecular complexity index is 488. The van der Waals surface area contributed by atoms with E-state index in [2.05, 4.69) is 66.0 Å². The number of rotatable bonds is 6. The molecule has 1 atom stereocenters. The molecule has 3 nitrogen and oxygen atoms in total. The third-order valence-electron chi connectivity index (χ3n) is 3.21. The van der Waals surface area contributed by atoms with Crippen LogP contribution in [0.2, 0.25) is 0 Å². The van der Waals surface area contributed by atoms with E-state index in [-0.39, 0.29) is 0 Å². The molecule has 0 saturated heterocycles. The number of nitrogens with zero attached hydrogens (tertiary/aromatic N) is 2. The van der Waals surface area contributed by atoms with Gasteiger partial charge in [-0.15, -0.1) is 0 Å². The summed E-state index contributed by atoms with van der Waals surface area (Å²) in [5, 5.41) is 3.45. The average Bonchev–Trinajstić information content (AvgIpc) is 2.83. The van der Waals surface area contributed by atoms with Crippen molar-refractivity contribution in [2.75, 3.05) is 11.9 Å². The van der Waals surface area contributed by atoms with Crippen molar-refractivity contribution in [3.05, 3.63) is 48.3 Å². The van der Waals surface area contributed by atoms with Gasteiger partial charge in [0.1, 0.15) is 0 Å². The van der Waals surface area contributed by atoms with E-state index in [0.29, 0.717) is 11.8 Å². The molecule has 0 fully saturated rings. The molecular formula is C16H23N3. The summed E-state index contributed by atoms with van der Waals surface area (Å²) in [6.07, 6.45) is 3.90. The van der Waals surface area contributed by atoms with Crippen LogP contribution in [0.3, 0.4) is 0 Å². The second-order valence-corrected chi connectivity index (χ2v) is 5.49. The van der Waals surface area contributed by atoms with Gasteiger partial charge in [-0.1, -0.05) is 51.1 Å². The standard InChI is InChI=1S/C16H23N3/c1-13(2)12-19-10-9-17-16(19)18-11-14(3)15-7-5-4-6-8-15/h4-10,13-14H,11-12H2,1-3H3,(H,17,18). The van der Waals surface area contributed by atoms with Gasteiger partial charge < -0.3 is 9.88 Å². The molecule has 2 rings (SSSR count). The molecule has 3 heteroatoms. The zero-order chi connectivity index (χ0) is 13.7. The first-order chi connectivity index (χ1) is 9.16. The number of benzene rings is 1. The van der Waals surface area contributed by atoms with Gasteiger partial charge >= 0.3 is 0 Å². The van der Waals surface area contributed by atoms with Gasteiger partial charge in [0.2, 0.25) is 5.95 Å². The number of imidazole rings is 1. The first-order valence-corrected chi connectivity index (χ1v) is 6.96. The molecule has 1 aromatic carbocycles. The van der Waals surface area contributed by atoms with Gasteiger partial charge in [0.15, 0.2) is 0 Å². The van der Waals surface area contributed by atoms with Gasteiger partial charge in [-0.05, 0) is 17.4 Å². The normalized spacial score (nSPS) is 12.6. The molecule has 1 N–H and O–H groups in total. The lowest BCUT2D eigenvalue weighted by Crippen LogP contribution is -2.15. The maximum absolute atomic E-state index is 4.39. The van der Waals surface area contributed by atoms with E-state index in [1.807, 2.05) is 12.4 Å². The number of hydrogen-bond acceptors (Lipinski definition) is 2. The molecule has 2 aromatic rings. The van der Waals surface area contributed by atoms with Crippen molar-refractivity contribution in [3.8, 4) is 0 Å². The van der Waals surface area contributed by atoms with Gasteiger partial charge in [-0.2, -0.15) is 0 Å². The second-order valence-electron chi connectivity index (χ2n) is 5.49. The minimum absolute atomic E-state index is 0.477. The Kier molecular flexibility index (Phi) is 4.61. The van der Waals surface area contributed by atoms with Gasteiger partial charge in [-0.3, -0.25) is 0 Å². The summed E-state index contributed by atoms with van der Waals surface area (Å²) in [6.45, 7) is 8.58. The van der Waals surface area contributed by atoms with Gasteiger partial charge in [0.25, 0.3) is 0 Å². The summed E-state index contributed by atoms with van der Waals surface area (Å²) < 4.78 is 2.18. The number of anilines is 1. The van der Waals surface area contributed by atoms with Crippen LogP contribution in [-0.4, -0.2) is 16.1 Å². The molecule has 0 saturated carbocycles.